The summed E-state index contributed by atoms with van der Waals surface area (Å²) in [5.41, 5.74) is 3.97. The van der Waals surface area contributed by atoms with Crippen molar-refractivity contribution in [1.29, 1.82) is 0 Å². The fourth-order valence-electron chi connectivity index (χ4n) is 5.19. The second kappa shape index (κ2) is 10.7. The van der Waals surface area contributed by atoms with Crippen molar-refractivity contribution >= 4 is 5.91 Å². The lowest BCUT2D eigenvalue weighted by Gasteiger charge is -2.32. The van der Waals surface area contributed by atoms with Gasteiger partial charge in [0.05, 0.1) is 13.2 Å². The number of ether oxygens (including phenoxy) is 2. The average Bonchev–Trinajstić information content (AvgIpc) is 3.19. The SMILES string of the molecule is COCC1CCCN(Cc2ccc3c(c2)CN(C(=O)c2ccc(-c4ccc(C)o4)cc2)CCO3)C1. The number of rotatable bonds is 6. The van der Waals surface area contributed by atoms with Crippen LogP contribution in [-0.2, 0) is 17.8 Å². The number of hydrogen-bond acceptors (Lipinski definition) is 5. The third-order valence-electron chi connectivity index (χ3n) is 6.96. The molecule has 0 bridgehead atoms. The molecule has 0 radical (unpaired) electrons. The van der Waals surface area contributed by atoms with E-state index >= 15 is 0 Å². The molecular formula is C29H34N2O4. The molecule has 0 saturated carbocycles. The van der Waals surface area contributed by atoms with E-state index in [1.807, 2.05) is 48.2 Å². The Morgan fingerprint density at radius 2 is 1.94 bits per heavy atom. The van der Waals surface area contributed by atoms with Crippen LogP contribution in [0.25, 0.3) is 11.3 Å². The number of carbonyl (C=O) groups excluding carboxylic acids is 1. The molecule has 6 nitrogen and oxygen atoms in total. The predicted octanol–water partition coefficient (Wildman–Crippen LogP) is 5.15. The molecule has 1 fully saturated rings. The lowest BCUT2D eigenvalue weighted by Crippen LogP contribution is -2.36. The van der Waals surface area contributed by atoms with Crippen molar-refractivity contribution in [3.8, 4) is 17.1 Å². The van der Waals surface area contributed by atoms with Crippen LogP contribution in [0.15, 0.2) is 59.0 Å². The van der Waals surface area contributed by atoms with Gasteiger partial charge in [0.15, 0.2) is 0 Å². The molecule has 6 heteroatoms. The van der Waals surface area contributed by atoms with Crippen LogP contribution in [0.1, 0.15) is 40.1 Å². The van der Waals surface area contributed by atoms with Crippen molar-refractivity contribution in [2.75, 3.05) is 40.0 Å². The monoisotopic (exact) mass is 474 g/mol. The van der Waals surface area contributed by atoms with Gasteiger partial charge in [-0.1, -0.05) is 18.2 Å². The second-order valence-electron chi connectivity index (χ2n) is 9.70. The standard InChI is InChI=1S/C29H34N2O4/c1-21-5-11-28(35-21)24-7-9-25(10-8-24)29(32)31-14-15-34-27-12-6-22(16-26(27)19-31)17-30-13-3-4-23(18-30)20-33-2/h5-12,16,23H,3-4,13-15,17-20H2,1-2H3. The third-order valence-corrected chi connectivity index (χ3v) is 6.96. The Hall–Kier alpha value is -3.09. The maximum atomic E-state index is 13.3. The lowest BCUT2D eigenvalue weighted by atomic mass is 9.98. The van der Waals surface area contributed by atoms with Crippen LogP contribution in [0.4, 0.5) is 0 Å². The van der Waals surface area contributed by atoms with E-state index < -0.39 is 0 Å². The molecule has 184 valence electrons. The highest BCUT2D eigenvalue weighted by Gasteiger charge is 2.23. The molecule has 1 saturated heterocycles. The smallest absolute Gasteiger partial charge is 0.254 e. The number of furan rings is 1. The van der Waals surface area contributed by atoms with Gasteiger partial charge in [0, 0.05) is 43.4 Å². The zero-order chi connectivity index (χ0) is 24.2. The van der Waals surface area contributed by atoms with Gasteiger partial charge < -0.3 is 18.8 Å². The highest BCUT2D eigenvalue weighted by molar-refractivity contribution is 5.94. The number of aryl methyl sites for hydroxylation is 1. The van der Waals surface area contributed by atoms with E-state index in [0.29, 0.717) is 31.2 Å². The van der Waals surface area contributed by atoms with E-state index in [1.165, 1.54) is 18.4 Å². The zero-order valence-electron chi connectivity index (χ0n) is 20.7. The normalized spacial score (nSPS) is 18.6. The molecule has 1 atom stereocenters. The number of fused-ring (bicyclic) bond motifs is 1. The number of likely N-dealkylation sites (tertiary alicyclic amines) is 1. The van der Waals surface area contributed by atoms with Gasteiger partial charge in [-0.15, -0.1) is 0 Å². The first-order valence-corrected chi connectivity index (χ1v) is 12.5. The van der Waals surface area contributed by atoms with Crippen LogP contribution in [0.5, 0.6) is 5.75 Å². The van der Waals surface area contributed by atoms with E-state index in [-0.39, 0.29) is 5.91 Å². The van der Waals surface area contributed by atoms with Gasteiger partial charge in [0.2, 0.25) is 0 Å². The van der Waals surface area contributed by atoms with Gasteiger partial charge in [-0.2, -0.15) is 0 Å². The molecule has 0 aliphatic carbocycles. The number of methoxy groups -OCH3 is 1. The number of nitrogens with zero attached hydrogens (tertiary/aromatic N) is 2. The van der Waals surface area contributed by atoms with Crippen molar-refractivity contribution in [3.63, 3.8) is 0 Å². The number of amides is 1. The van der Waals surface area contributed by atoms with E-state index in [0.717, 1.165) is 54.6 Å². The fourth-order valence-corrected chi connectivity index (χ4v) is 5.19. The van der Waals surface area contributed by atoms with E-state index in [1.54, 1.807) is 7.11 Å². The molecule has 1 amide bonds. The number of carbonyl (C=O) groups is 1. The topological polar surface area (TPSA) is 55.2 Å². The number of benzene rings is 2. The fraction of sp³-hybridized carbons (Fsp3) is 0.414. The third kappa shape index (κ3) is 5.60. The van der Waals surface area contributed by atoms with Gasteiger partial charge in [-0.05, 0) is 74.2 Å². The molecule has 3 aromatic rings. The summed E-state index contributed by atoms with van der Waals surface area (Å²) in [5, 5.41) is 0. The van der Waals surface area contributed by atoms with Crippen molar-refractivity contribution in [2.45, 2.75) is 32.9 Å². The molecule has 1 unspecified atom stereocenters. The summed E-state index contributed by atoms with van der Waals surface area (Å²) in [6.07, 6.45) is 2.45. The number of hydrogen-bond donors (Lipinski definition) is 0. The minimum atomic E-state index is 0.0208. The molecule has 2 aliphatic heterocycles. The Morgan fingerprint density at radius 3 is 2.71 bits per heavy atom. The molecule has 5 rings (SSSR count). The predicted molar refractivity (Wildman–Crippen MR) is 135 cm³/mol. The van der Waals surface area contributed by atoms with Crippen LogP contribution < -0.4 is 4.74 Å². The molecule has 2 aromatic carbocycles. The van der Waals surface area contributed by atoms with Crippen LogP contribution in [0.3, 0.4) is 0 Å². The van der Waals surface area contributed by atoms with Crippen molar-refractivity contribution in [3.05, 3.63) is 77.0 Å². The first-order chi connectivity index (χ1) is 17.1. The first-order valence-electron chi connectivity index (χ1n) is 12.5. The first kappa shape index (κ1) is 23.6. The van der Waals surface area contributed by atoms with Crippen LogP contribution in [0.2, 0.25) is 0 Å². The van der Waals surface area contributed by atoms with Crippen LogP contribution in [-0.4, -0.2) is 55.7 Å². The Kier molecular flexibility index (Phi) is 7.21. The van der Waals surface area contributed by atoms with E-state index in [2.05, 4.69) is 23.1 Å². The molecule has 3 heterocycles. The molecular weight excluding hydrogens is 440 g/mol. The summed E-state index contributed by atoms with van der Waals surface area (Å²) in [6.45, 7) is 7.46. The molecule has 0 N–H and O–H groups in total. The highest BCUT2D eigenvalue weighted by Crippen LogP contribution is 2.28. The van der Waals surface area contributed by atoms with Crippen molar-refractivity contribution in [1.82, 2.24) is 9.80 Å². The van der Waals surface area contributed by atoms with Crippen LogP contribution >= 0.6 is 0 Å². The van der Waals surface area contributed by atoms with Gasteiger partial charge in [-0.3, -0.25) is 9.69 Å². The summed E-state index contributed by atoms with van der Waals surface area (Å²) in [7, 11) is 1.78. The Labute approximate surface area is 207 Å². The summed E-state index contributed by atoms with van der Waals surface area (Å²) in [5.74, 6) is 3.19. The highest BCUT2D eigenvalue weighted by atomic mass is 16.5. The van der Waals surface area contributed by atoms with Crippen molar-refractivity contribution in [2.24, 2.45) is 5.92 Å². The van der Waals surface area contributed by atoms with Gasteiger partial charge >= 0.3 is 0 Å². The summed E-state index contributed by atoms with van der Waals surface area (Å²) in [4.78, 5) is 17.7. The van der Waals surface area contributed by atoms with Gasteiger partial charge in [-0.25, -0.2) is 0 Å². The molecule has 1 aromatic heterocycles. The summed E-state index contributed by atoms with van der Waals surface area (Å²) >= 11 is 0. The summed E-state index contributed by atoms with van der Waals surface area (Å²) in [6, 6.07) is 18.0. The molecule has 0 spiro atoms. The Morgan fingerprint density at radius 1 is 1.09 bits per heavy atom. The Bertz CT molecular complexity index is 1150. The quantitative estimate of drug-likeness (QED) is 0.495. The van der Waals surface area contributed by atoms with Crippen molar-refractivity contribution < 1.29 is 18.7 Å². The minimum absolute atomic E-state index is 0.0208. The van der Waals surface area contributed by atoms with Gasteiger partial charge in [0.25, 0.3) is 5.91 Å². The van der Waals surface area contributed by atoms with E-state index in [9.17, 15) is 4.79 Å². The largest absolute Gasteiger partial charge is 0.491 e. The van der Waals surface area contributed by atoms with Crippen LogP contribution in [0, 0.1) is 12.8 Å². The summed E-state index contributed by atoms with van der Waals surface area (Å²) < 4.78 is 17.1. The second-order valence-corrected chi connectivity index (χ2v) is 9.70. The minimum Gasteiger partial charge on any atom is -0.491 e. The number of piperidine rings is 1. The van der Waals surface area contributed by atoms with Gasteiger partial charge in [0.1, 0.15) is 23.9 Å². The maximum Gasteiger partial charge on any atom is 0.254 e. The lowest BCUT2D eigenvalue weighted by molar-refractivity contribution is 0.0733. The van der Waals surface area contributed by atoms with E-state index in [4.69, 9.17) is 13.9 Å². The average molecular weight is 475 g/mol. The Balaban J connectivity index is 1.27. The molecule has 35 heavy (non-hydrogen) atoms. The zero-order valence-corrected chi connectivity index (χ0v) is 20.7. The molecule has 2 aliphatic rings. The maximum absolute atomic E-state index is 13.3.